The molecule has 0 bridgehead atoms. The molecular formula is C11H20IN3O2. The first-order valence-corrected chi connectivity index (χ1v) is 7.37. The molecule has 0 atom stereocenters. The van der Waals surface area contributed by atoms with Gasteiger partial charge in [0.1, 0.15) is 0 Å². The molecule has 1 aliphatic carbocycles. The lowest BCUT2D eigenvalue weighted by Crippen LogP contribution is -2.50. The summed E-state index contributed by atoms with van der Waals surface area (Å²) in [5, 5.41) is 3.13. The molecule has 0 aromatic rings. The molecule has 2 rings (SSSR count). The number of rotatable bonds is 2. The summed E-state index contributed by atoms with van der Waals surface area (Å²) in [4.78, 5) is 13.8. The van der Waals surface area contributed by atoms with E-state index in [-0.39, 0.29) is 6.03 Å². The second-order valence-corrected chi connectivity index (χ2v) is 5.33. The highest BCUT2D eigenvalue weighted by Crippen LogP contribution is 2.19. The van der Waals surface area contributed by atoms with Crippen molar-refractivity contribution in [3.8, 4) is 0 Å². The zero-order chi connectivity index (χ0) is 12.1. The molecular weight excluding hydrogens is 333 g/mol. The van der Waals surface area contributed by atoms with Gasteiger partial charge in [0.15, 0.2) is 0 Å². The van der Waals surface area contributed by atoms with Crippen molar-refractivity contribution in [1.82, 2.24) is 13.7 Å². The maximum absolute atomic E-state index is 12.0. The summed E-state index contributed by atoms with van der Waals surface area (Å²) in [7, 11) is 0. The fraction of sp³-hybridized carbons (Fsp3) is 0.909. The molecule has 1 saturated heterocycles. The summed E-state index contributed by atoms with van der Waals surface area (Å²) in [5.41, 5.74) is 0. The van der Waals surface area contributed by atoms with E-state index in [1.165, 1.54) is 0 Å². The van der Waals surface area contributed by atoms with Crippen molar-refractivity contribution in [3.63, 3.8) is 0 Å². The van der Waals surface area contributed by atoms with Crippen molar-refractivity contribution in [3.05, 3.63) is 0 Å². The Kier molecular flexibility index (Phi) is 5.30. The molecule has 1 aliphatic heterocycles. The third-order valence-corrected chi connectivity index (χ3v) is 4.39. The maximum Gasteiger partial charge on any atom is 0.317 e. The Labute approximate surface area is 116 Å². The first kappa shape index (κ1) is 13.4. The normalized spacial score (nSPS) is 30.1. The van der Waals surface area contributed by atoms with E-state index in [1.54, 1.807) is 0 Å². The van der Waals surface area contributed by atoms with Crippen LogP contribution >= 0.6 is 22.9 Å². The standard InChI is InChI=1S/C11H20IN3O2/c12-14-10-3-1-9(2-4-10)13-11(16)15-5-7-17-8-6-15/h9-10,14H,1-8H2,(H,13,16)/t9-,10-. The number of halogens is 1. The summed E-state index contributed by atoms with van der Waals surface area (Å²) in [6.45, 7) is 2.77. The van der Waals surface area contributed by atoms with E-state index >= 15 is 0 Å². The molecule has 2 fully saturated rings. The van der Waals surface area contributed by atoms with Crippen molar-refractivity contribution >= 4 is 28.9 Å². The SMILES string of the molecule is O=C(N[C@H]1CC[C@H](NI)CC1)N1CCOCC1. The van der Waals surface area contributed by atoms with Crippen molar-refractivity contribution in [2.75, 3.05) is 26.3 Å². The molecule has 0 aromatic heterocycles. The predicted molar refractivity (Wildman–Crippen MR) is 74.1 cm³/mol. The fourth-order valence-electron chi connectivity index (χ4n) is 2.38. The molecule has 6 heteroatoms. The molecule has 0 radical (unpaired) electrons. The van der Waals surface area contributed by atoms with Gasteiger partial charge in [0.05, 0.1) is 13.2 Å². The quantitative estimate of drug-likeness (QED) is 0.581. The average Bonchev–Trinajstić information content (AvgIpc) is 2.40. The molecule has 0 spiro atoms. The number of morpholine rings is 1. The van der Waals surface area contributed by atoms with Gasteiger partial charge in [0.2, 0.25) is 0 Å². The van der Waals surface area contributed by atoms with Crippen molar-refractivity contribution in [2.24, 2.45) is 0 Å². The lowest BCUT2D eigenvalue weighted by atomic mass is 9.92. The number of carbonyl (C=O) groups is 1. The van der Waals surface area contributed by atoms with E-state index in [4.69, 9.17) is 4.74 Å². The maximum atomic E-state index is 12.0. The zero-order valence-corrected chi connectivity index (χ0v) is 12.1. The van der Waals surface area contributed by atoms with Crippen LogP contribution in [0.25, 0.3) is 0 Å². The fourth-order valence-corrected chi connectivity index (χ4v) is 3.00. The molecule has 0 aromatic carbocycles. The van der Waals surface area contributed by atoms with Gasteiger partial charge in [-0.25, -0.2) is 4.79 Å². The van der Waals surface area contributed by atoms with Crippen LogP contribution in [0, 0.1) is 0 Å². The number of nitrogens with one attached hydrogen (secondary N) is 2. The predicted octanol–water partition coefficient (Wildman–Crippen LogP) is 1.28. The molecule has 2 amide bonds. The van der Waals surface area contributed by atoms with Crippen LogP contribution in [-0.2, 0) is 4.74 Å². The second kappa shape index (κ2) is 6.75. The van der Waals surface area contributed by atoms with Crippen LogP contribution in [0.3, 0.4) is 0 Å². The molecule has 2 aliphatic rings. The number of carbonyl (C=O) groups excluding carboxylic acids is 1. The van der Waals surface area contributed by atoms with Gasteiger partial charge < -0.3 is 15.0 Å². The Morgan fingerprint density at radius 1 is 1.12 bits per heavy atom. The third-order valence-electron chi connectivity index (χ3n) is 3.51. The van der Waals surface area contributed by atoms with Crippen LogP contribution in [0.2, 0.25) is 0 Å². The highest BCUT2D eigenvalue weighted by molar-refractivity contribution is 14.1. The molecule has 1 saturated carbocycles. The number of nitrogens with zero attached hydrogens (tertiary/aromatic N) is 1. The first-order valence-electron chi connectivity index (χ1n) is 6.29. The largest absolute Gasteiger partial charge is 0.378 e. The third kappa shape index (κ3) is 3.96. The Morgan fingerprint density at radius 2 is 1.71 bits per heavy atom. The highest BCUT2D eigenvalue weighted by atomic mass is 127. The van der Waals surface area contributed by atoms with Crippen LogP contribution < -0.4 is 8.85 Å². The van der Waals surface area contributed by atoms with Crippen molar-refractivity contribution in [1.29, 1.82) is 0 Å². The van der Waals surface area contributed by atoms with Crippen LogP contribution in [-0.4, -0.2) is 49.3 Å². The minimum absolute atomic E-state index is 0.0826. The van der Waals surface area contributed by atoms with Crippen LogP contribution in [0.1, 0.15) is 25.7 Å². The van der Waals surface area contributed by atoms with Gasteiger partial charge in [-0.1, -0.05) is 0 Å². The Hall–Kier alpha value is -0.0800. The summed E-state index contributed by atoms with van der Waals surface area (Å²) in [5.74, 6) is 0. The van der Waals surface area contributed by atoms with Gasteiger partial charge in [-0.2, -0.15) is 0 Å². The topological polar surface area (TPSA) is 53.6 Å². The van der Waals surface area contributed by atoms with E-state index < -0.39 is 0 Å². The molecule has 0 unspecified atom stereocenters. The van der Waals surface area contributed by atoms with Gasteiger partial charge in [-0.15, -0.1) is 0 Å². The molecule has 98 valence electrons. The molecule has 5 nitrogen and oxygen atoms in total. The first-order chi connectivity index (χ1) is 8.29. The van der Waals surface area contributed by atoms with Crippen molar-refractivity contribution in [2.45, 2.75) is 37.8 Å². The number of ether oxygens (including phenoxy) is 1. The smallest absolute Gasteiger partial charge is 0.317 e. The van der Waals surface area contributed by atoms with Gasteiger partial charge in [-0.3, -0.25) is 3.53 Å². The van der Waals surface area contributed by atoms with Gasteiger partial charge in [-0.05, 0) is 25.7 Å². The minimum Gasteiger partial charge on any atom is -0.378 e. The molecule has 2 N–H and O–H groups in total. The average molecular weight is 353 g/mol. The van der Waals surface area contributed by atoms with E-state index in [2.05, 4.69) is 31.7 Å². The summed E-state index contributed by atoms with van der Waals surface area (Å²) in [6.07, 6.45) is 4.46. The number of urea groups is 1. The van der Waals surface area contributed by atoms with E-state index in [0.717, 1.165) is 38.8 Å². The van der Waals surface area contributed by atoms with E-state index in [0.29, 0.717) is 25.3 Å². The summed E-state index contributed by atoms with van der Waals surface area (Å²) < 4.78 is 8.51. The van der Waals surface area contributed by atoms with Gasteiger partial charge in [0, 0.05) is 48.0 Å². The monoisotopic (exact) mass is 353 g/mol. The highest BCUT2D eigenvalue weighted by Gasteiger charge is 2.24. The zero-order valence-electron chi connectivity index (χ0n) is 9.95. The Bertz CT molecular complexity index is 251. The molecule has 1 heterocycles. The minimum atomic E-state index is 0.0826. The van der Waals surface area contributed by atoms with Gasteiger partial charge >= 0.3 is 6.03 Å². The van der Waals surface area contributed by atoms with Gasteiger partial charge in [0.25, 0.3) is 0 Å². The lowest BCUT2D eigenvalue weighted by molar-refractivity contribution is 0.0521. The van der Waals surface area contributed by atoms with Crippen LogP contribution in [0.4, 0.5) is 4.79 Å². The van der Waals surface area contributed by atoms with Crippen LogP contribution in [0.15, 0.2) is 0 Å². The van der Waals surface area contributed by atoms with Crippen molar-refractivity contribution < 1.29 is 9.53 Å². The van der Waals surface area contributed by atoms with E-state index in [1.807, 2.05) is 4.90 Å². The van der Waals surface area contributed by atoms with Crippen LogP contribution in [0.5, 0.6) is 0 Å². The number of hydrogen-bond acceptors (Lipinski definition) is 3. The van der Waals surface area contributed by atoms with E-state index in [9.17, 15) is 4.79 Å². The summed E-state index contributed by atoms with van der Waals surface area (Å²) in [6, 6.07) is 1.05. The Morgan fingerprint density at radius 3 is 2.29 bits per heavy atom. The number of amides is 2. The second-order valence-electron chi connectivity index (χ2n) is 4.71. The summed E-state index contributed by atoms with van der Waals surface area (Å²) >= 11 is 2.21. The lowest BCUT2D eigenvalue weighted by Gasteiger charge is -2.32. The molecule has 17 heavy (non-hydrogen) atoms. The number of hydrogen-bond donors (Lipinski definition) is 2. The Balaban J connectivity index is 1.71.